The number of anilines is 4. The molecular weight excluding hydrogens is 594 g/mol. The zero-order valence-electron chi connectivity index (χ0n) is 26.7. The van der Waals surface area contributed by atoms with Crippen molar-refractivity contribution in [3.05, 3.63) is 47.5 Å². The number of methoxy groups -OCH3 is 2. The minimum absolute atomic E-state index is 0.0643. The third kappa shape index (κ3) is 10.1. The molecule has 8 N–H and O–H groups in total. The zero-order valence-corrected chi connectivity index (χ0v) is 26.7. The van der Waals surface area contributed by atoms with Gasteiger partial charge in [-0.15, -0.1) is 0 Å². The molecular formula is C32H43N7O7. The van der Waals surface area contributed by atoms with Gasteiger partial charge in [-0.1, -0.05) is 24.0 Å². The smallest absolute Gasteiger partial charge is 0.410 e. The second-order valence-electron chi connectivity index (χ2n) is 10.5. The van der Waals surface area contributed by atoms with E-state index in [0.29, 0.717) is 80.1 Å². The summed E-state index contributed by atoms with van der Waals surface area (Å²) in [5.74, 6) is 5.68. The average molecular weight is 638 g/mol. The maximum atomic E-state index is 12.1. The largest absolute Gasteiger partial charge is 0.494 e. The molecule has 14 nitrogen and oxygen atoms in total. The number of rotatable bonds is 13. The van der Waals surface area contributed by atoms with Crippen LogP contribution in [-0.4, -0.2) is 101 Å². The van der Waals surface area contributed by atoms with Crippen molar-refractivity contribution in [1.29, 1.82) is 0 Å². The molecule has 0 aromatic heterocycles. The van der Waals surface area contributed by atoms with Crippen LogP contribution in [0.4, 0.5) is 27.5 Å². The first kappa shape index (κ1) is 35.2. The van der Waals surface area contributed by atoms with E-state index in [4.69, 9.17) is 36.1 Å². The molecule has 0 saturated carbocycles. The number of carbonyl (C=O) groups is 3. The van der Waals surface area contributed by atoms with Crippen LogP contribution in [0.5, 0.6) is 11.5 Å². The Bertz CT molecular complexity index is 1480. The Labute approximate surface area is 269 Å². The summed E-state index contributed by atoms with van der Waals surface area (Å²) in [6.07, 6.45) is 3.29. The minimum Gasteiger partial charge on any atom is -0.494 e. The molecule has 1 aliphatic rings. The van der Waals surface area contributed by atoms with Gasteiger partial charge in [0.15, 0.2) is 0 Å². The second kappa shape index (κ2) is 17.3. The summed E-state index contributed by atoms with van der Waals surface area (Å²) in [7, 11) is 2.78. The molecule has 248 valence electrons. The van der Waals surface area contributed by atoms with E-state index >= 15 is 0 Å². The quantitative estimate of drug-likeness (QED) is 0.0932. The van der Waals surface area contributed by atoms with Crippen molar-refractivity contribution < 1.29 is 33.3 Å². The topological polar surface area (TPSA) is 197 Å². The molecule has 46 heavy (non-hydrogen) atoms. The highest BCUT2D eigenvalue weighted by molar-refractivity contribution is 5.96. The van der Waals surface area contributed by atoms with Gasteiger partial charge in [-0.3, -0.25) is 9.69 Å². The maximum absolute atomic E-state index is 12.1. The maximum Gasteiger partial charge on any atom is 0.410 e. The number of benzene rings is 2. The van der Waals surface area contributed by atoms with Crippen LogP contribution in [0.25, 0.3) is 0 Å². The van der Waals surface area contributed by atoms with Gasteiger partial charge in [0.25, 0.3) is 0 Å². The molecule has 0 spiro atoms. The lowest BCUT2D eigenvalue weighted by Gasteiger charge is -2.33. The standard InChI is InChI=1S/C32H43N7O7/c1-21(2)46-32(42)39-14-12-38(13-15-39)11-7-8-16-45-27-19-22(30(35)40)17-24(33)29(27)37-10-6-5-9-36-28-25(34)18-23(31(41)44-4)20-26(28)43-3/h5-6,17-21,36-37H,9-16,33-34H2,1-4H3,(H2,35,40)/b6-5+. The van der Waals surface area contributed by atoms with Crippen molar-refractivity contribution in [3.63, 3.8) is 0 Å². The molecule has 1 aliphatic heterocycles. The summed E-state index contributed by atoms with van der Waals surface area (Å²) in [6.45, 7) is 7.58. The van der Waals surface area contributed by atoms with Gasteiger partial charge in [0.2, 0.25) is 5.91 Å². The normalized spacial score (nSPS) is 13.1. The SMILES string of the molecule is COC(=O)c1cc(N)c(NC/C=C/CNc2c(N)cc(C(N)=O)cc2OCC#CCN2CCN(C(=O)OC(C)C)CC2)c(OC)c1. The number of carbonyl (C=O) groups excluding carboxylic acids is 3. The lowest BCUT2D eigenvalue weighted by Crippen LogP contribution is -2.49. The highest BCUT2D eigenvalue weighted by Crippen LogP contribution is 2.33. The fourth-order valence-corrected chi connectivity index (χ4v) is 4.49. The van der Waals surface area contributed by atoms with Crippen LogP contribution < -0.4 is 37.3 Å². The van der Waals surface area contributed by atoms with Gasteiger partial charge in [0.05, 0.1) is 43.8 Å². The van der Waals surface area contributed by atoms with E-state index in [1.165, 1.54) is 32.4 Å². The number of nitrogens with one attached hydrogen (secondary N) is 2. The van der Waals surface area contributed by atoms with Crippen molar-refractivity contribution >= 4 is 40.7 Å². The molecule has 0 atom stereocenters. The molecule has 3 rings (SSSR count). The van der Waals surface area contributed by atoms with Crippen LogP contribution >= 0.6 is 0 Å². The monoisotopic (exact) mass is 637 g/mol. The third-order valence-electron chi connectivity index (χ3n) is 6.85. The molecule has 2 aromatic rings. The number of piperazine rings is 1. The Morgan fingerprint density at radius 1 is 0.891 bits per heavy atom. The number of hydrogen-bond acceptors (Lipinski definition) is 12. The first-order valence-corrected chi connectivity index (χ1v) is 14.7. The van der Waals surface area contributed by atoms with E-state index in [2.05, 4.69) is 27.4 Å². The summed E-state index contributed by atoms with van der Waals surface area (Å²) in [4.78, 5) is 39.6. The molecule has 1 fully saturated rings. The summed E-state index contributed by atoms with van der Waals surface area (Å²) >= 11 is 0. The molecule has 0 unspecified atom stereocenters. The molecule has 2 aromatic carbocycles. The van der Waals surface area contributed by atoms with E-state index in [1.807, 2.05) is 26.0 Å². The van der Waals surface area contributed by atoms with Gasteiger partial charge in [-0.2, -0.15) is 0 Å². The predicted octanol–water partition coefficient (Wildman–Crippen LogP) is 2.37. The molecule has 1 heterocycles. The molecule has 0 bridgehead atoms. The van der Waals surface area contributed by atoms with E-state index in [1.54, 1.807) is 11.0 Å². The first-order chi connectivity index (χ1) is 22.0. The fraction of sp³-hybridized carbons (Fsp3) is 0.406. The van der Waals surface area contributed by atoms with Crippen LogP contribution in [0, 0.1) is 11.8 Å². The van der Waals surface area contributed by atoms with E-state index in [9.17, 15) is 14.4 Å². The zero-order chi connectivity index (χ0) is 33.6. The van der Waals surface area contributed by atoms with Crippen molar-refractivity contribution in [2.45, 2.75) is 20.0 Å². The van der Waals surface area contributed by atoms with Gasteiger partial charge in [-0.25, -0.2) is 9.59 Å². The van der Waals surface area contributed by atoms with Crippen molar-refractivity contribution in [1.82, 2.24) is 9.80 Å². The Morgan fingerprint density at radius 3 is 2.04 bits per heavy atom. The Morgan fingerprint density at radius 2 is 1.48 bits per heavy atom. The van der Waals surface area contributed by atoms with Gasteiger partial charge in [-0.05, 0) is 38.1 Å². The number of nitrogen functional groups attached to an aromatic ring is 2. The van der Waals surface area contributed by atoms with Gasteiger partial charge >= 0.3 is 12.1 Å². The fourth-order valence-electron chi connectivity index (χ4n) is 4.49. The van der Waals surface area contributed by atoms with Gasteiger partial charge < -0.3 is 51.7 Å². The molecule has 1 saturated heterocycles. The second-order valence-corrected chi connectivity index (χ2v) is 10.5. The van der Waals surface area contributed by atoms with Crippen molar-refractivity contribution in [2.75, 3.05) is 88.7 Å². The third-order valence-corrected chi connectivity index (χ3v) is 6.85. The highest BCUT2D eigenvalue weighted by atomic mass is 16.6. The lowest BCUT2D eigenvalue weighted by molar-refractivity contribution is 0.0588. The van der Waals surface area contributed by atoms with Crippen LogP contribution in [0.3, 0.4) is 0 Å². The molecule has 14 heteroatoms. The average Bonchev–Trinajstić information content (AvgIpc) is 3.02. The highest BCUT2D eigenvalue weighted by Gasteiger charge is 2.22. The van der Waals surface area contributed by atoms with Crippen LogP contribution in [-0.2, 0) is 9.47 Å². The number of nitrogens with zero attached hydrogens (tertiary/aromatic N) is 2. The van der Waals surface area contributed by atoms with Crippen LogP contribution in [0.15, 0.2) is 36.4 Å². The number of amides is 2. The molecule has 0 aliphatic carbocycles. The van der Waals surface area contributed by atoms with Gasteiger partial charge in [0, 0.05) is 44.8 Å². The number of ether oxygens (including phenoxy) is 4. The Hall–Kier alpha value is -5.29. The van der Waals surface area contributed by atoms with Crippen LogP contribution in [0.1, 0.15) is 34.6 Å². The van der Waals surface area contributed by atoms with E-state index in [0.717, 1.165) is 0 Å². The summed E-state index contributed by atoms with van der Waals surface area (Å²) in [5.41, 5.74) is 20.0. The minimum atomic E-state index is -0.633. The summed E-state index contributed by atoms with van der Waals surface area (Å²) in [6, 6.07) is 6.07. The lowest BCUT2D eigenvalue weighted by atomic mass is 10.1. The van der Waals surface area contributed by atoms with Gasteiger partial charge in [0.1, 0.15) is 29.5 Å². The number of nitrogens with two attached hydrogens (primary N) is 3. The summed E-state index contributed by atoms with van der Waals surface area (Å²) in [5, 5.41) is 6.38. The predicted molar refractivity (Wildman–Crippen MR) is 177 cm³/mol. The Kier molecular flexibility index (Phi) is 13.2. The van der Waals surface area contributed by atoms with E-state index in [-0.39, 0.29) is 29.9 Å². The molecule has 0 radical (unpaired) electrons. The molecule has 2 amide bonds. The van der Waals surface area contributed by atoms with Crippen molar-refractivity contribution in [2.24, 2.45) is 5.73 Å². The first-order valence-electron chi connectivity index (χ1n) is 14.7. The Balaban J connectivity index is 1.54. The number of esters is 1. The summed E-state index contributed by atoms with van der Waals surface area (Å²) < 4.78 is 21.3. The number of hydrogen-bond donors (Lipinski definition) is 5. The van der Waals surface area contributed by atoms with E-state index < -0.39 is 11.9 Å². The van der Waals surface area contributed by atoms with Crippen LogP contribution in [0.2, 0.25) is 0 Å². The number of primary amides is 1. The van der Waals surface area contributed by atoms with Crippen molar-refractivity contribution in [3.8, 4) is 23.3 Å².